The zero-order valence-corrected chi connectivity index (χ0v) is 14.1. The van der Waals surface area contributed by atoms with Gasteiger partial charge in [-0.05, 0) is 48.4 Å². The SMILES string of the molecule is CCCC(N)C(=O)NCc1ccc(NC(=O)c2ccc(F)cc2)cc1. The molecule has 6 heteroatoms. The summed E-state index contributed by atoms with van der Waals surface area (Å²) in [5.74, 6) is -0.872. The lowest BCUT2D eigenvalue weighted by Crippen LogP contribution is -2.40. The van der Waals surface area contributed by atoms with Crippen LogP contribution in [0.15, 0.2) is 48.5 Å². The zero-order chi connectivity index (χ0) is 18.2. The van der Waals surface area contributed by atoms with Crippen molar-refractivity contribution in [2.24, 2.45) is 5.73 Å². The maximum absolute atomic E-state index is 12.9. The van der Waals surface area contributed by atoms with E-state index in [9.17, 15) is 14.0 Å². The van der Waals surface area contributed by atoms with Crippen molar-refractivity contribution >= 4 is 17.5 Å². The van der Waals surface area contributed by atoms with Crippen molar-refractivity contribution in [1.29, 1.82) is 0 Å². The van der Waals surface area contributed by atoms with Crippen LogP contribution in [-0.4, -0.2) is 17.9 Å². The number of halogens is 1. The molecular weight excluding hydrogens is 321 g/mol. The quantitative estimate of drug-likeness (QED) is 0.723. The van der Waals surface area contributed by atoms with Crippen molar-refractivity contribution in [3.05, 3.63) is 65.5 Å². The average molecular weight is 343 g/mol. The van der Waals surface area contributed by atoms with E-state index in [0.29, 0.717) is 24.2 Å². The number of rotatable bonds is 7. The van der Waals surface area contributed by atoms with Gasteiger partial charge in [-0.1, -0.05) is 25.5 Å². The van der Waals surface area contributed by atoms with E-state index in [4.69, 9.17) is 5.73 Å². The smallest absolute Gasteiger partial charge is 0.255 e. The van der Waals surface area contributed by atoms with Gasteiger partial charge in [0.1, 0.15) is 5.82 Å². The van der Waals surface area contributed by atoms with Crippen molar-refractivity contribution in [3.8, 4) is 0 Å². The second-order valence-corrected chi connectivity index (χ2v) is 5.77. The molecule has 132 valence electrons. The first-order valence-electron chi connectivity index (χ1n) is 8.18. The van der Waals surface area contributed by atoms with Gasteiger partial charge < -0.3 is 16.4 Å². The lowest BCUT2D eigenvalue weighted by atomic mass is 10.1. The minimum atomic E-state index is -0.487. The molecule has 0 saturated heterocycles. The monoisotopic (exact) mass is 343 g/mol. The first-order chi connectivity index (χ1) is 12.0. The van der Waals surface area contributed by atoms with Crippen LogP contribution in [0.4, 0.5) is 10.1 Å². The first-order valence-corrected chi connectivity index (χ1v) is 8.18. The molecule has 0 spiro atoms. The molecule has 0 aliphatic rings. The van der Waals surface area contributed by atoms with Gasteiger partial charge in [0.2, 0.25) is 5.91 Å². The molecule has 0 heterocycles. The van der Waals surface area contributed by atoms with Crippen LogP contribution < -0.4 is 16.4 Å². The first kappa shape index (κ1) is 18.6. The van der Waals surface area contributed by atoms with Gasteiger partial charge in [-0.3, -0.25) is 9.59 Å². The third kappa shape index (κ3) is 5.69. The van der Waals surface area contributed by atoms with Crippen LogP contribution in [0.5, 0.6) is 0 Å². The molecule has 0 aliphatic carbocycles. The van der Waals surface area contributed by atoms with E-state index in [2.05, 4.69) is 10.6 Å². The zero-order valence-electron chi connectivity index (χ0n) is 14.1. The van der Waals surface area contributed by atoms with E-state index < -0.39 is 6.04 Å². The van der Waals surface area contributed by atoms with E-state index >= 15 is 0 Å². The van der Waals surface area contributed by atoms with E-state index in [1.54, 1.807) is 12.1 Å². The van der Waals surface area contributed by atoms with Crippen molar-refractivity contribution in [2.75, 3.05) is 5.32 Å². The molecule has 0 fully saturated rings. The fourth-order valence-electron chi connectivity index (χ4n) is 2.27. The van der Waals surface area contributed by atoms with Crippen LogP contribution in [0.1, 0.15) is 35.7 Å². The minimum Gasteiger partial charge on any atom is -0.351 e. The number of carbonyl (C=O) groups is 2. The molecule has 1 atom stereocenters. The Morgan fingerprint density at radius 2 is 1.72 bits per heavy atom. The van der Waals surface area contributed by atoms with Gasteiger partial charge in [0.05, 0.1) is 6.04 Å². The van der Waals surface area contributed by atoms with Crippen LogP contribution in [0.2, 0.25) is 0 Å². The standard InChI is InChI=1S/C19H22FN3O2/c1-2-3-17(21)19(25)22-12-13-4-10-16(11-5-13)23-18(24)14-6-8-15(20)9-7-14/h4-11,17H,2-3,12,21H2,1H3,(H,22,25)(H,23,24). The van der Waals surface area contributed by atoms with Gasteiger partial charge in [-0.2, -0.15) is 0 Å². The molecule has 5 nitrogen and oxygen atoms in total. The molecular formula is C19H22FN3O2. The van der Waals surface area contributed by atoms with Crippen molar-refractivity contribution in [1.82, 2.24) is 5.32 Å². The number of anilines is 1. The number of hydrogen-bond acceptors (Lipinski definition) is 3. The third-order valence-corrected chi connectivity index (χ3v) is 3.72. The summed E-state index contributed by atoms with van der Waals surface area (Å²) in [5, 5.41) is 5.52. The highest BCUT2D eigenvalue weighted by molar-refractivity contribution is 6.04. The number of amides is 2. The van der Waals surface area contributed by atoms with E-state index in [1.165, 1.54) is 24.3 Å². The molecule has 25 heavy (non-hydrogen) atoms. The van der Waals surface area contributed by atoms with E-state index in [1.807, 2.05) is 19.1 Å². The molecule has 0 saturated carbocycles. The normalized spacial score (nSPS) is 11.6. The predicted octanol–water partition coefficient (Wildman–Crippen LogP) is 2.82. The molecule has 1 unspecified atom stereocenters. The molecule has 0 radical (unpaired) electrons. The Balaban J connectivity index is 1.88. The van der Waals surface area contributed by atoms with Gasteiger partial charge in [0, 0.05) is 17.8 Å². The summed E-state index contributed by atoms with van der Waals surface area (Å²) >= 11 is 0. The van der Waals surface area contributed by atoms with E-state index in [0.717, 1.165) is 12.0 Å². The number of nitrogens with one attached hydrogen (secondary N) is 2. The molecule has 2 aromatic carbocycles. The molecule has 2 rings (SSSR count). The van der Waals surface area contributed by atoms with Gasteiger partial charge in [-0.25, -0.2) is 4.39 Å². The van der Waals surface area contributed by atoms with Crippen molar-refractivity contribution < 1.29 is 14.0 Å². The molecule has 2 aromatic rings. The van der Waals surface area contributed by atoms with Crippen LogP contribution in [0, 0.1) is 5.82 Å². The molecule has 0 aromatic heterocycles. The molecule has 4 N–H and O–H groups in total. The summed E-state index contributed by atoms with van der Waals surface area (Å²) < 4.78 is 12.9. The summed E-state index contributed by atoms with van der Waals surface area (Å²) in [6, 6.07) is 12.0. The Morgan fingerprint density at radius 1 is 1.08 bits per heavy atom. The molecule has 0 bridgehead atoms. The molecule has 0 aliphatic heterocycles. The Bertz CT molecular complexity index is 714. The summed E-state index contributed by atoms with van der Waals surface area (Å²) in [6.45, 7) is 2.36. The number of nitrogens with two attached hydrogens (primary N) is 1. The fourth-order valence-corrected chi connectivity index (χ4v) is 2.27. The number of carbonyl (C=O) groups excluding carboxylic acids is 2. The van der Waals surface area contributed by atoms with Crippen LogP contribution >= 0.6 is 0 Å². The number of hydrogen-bond donors (Lipinski definition) is 3. The van der Waals surface area contributed by atoms with E-state index in [-0.39, 0.29) is 17.6 Å². The predicted molar refractivity (Wildman–Crippen MR) is 95.5 cm³/mol. The largest absolute Gasteiger partial charge is 0.351 e. The Kier molecular flexibility index (Phi) is 6.65. The topological polar surface area (TPSA) is 84.2 Å². The Morgan fingerprint density at radius 3 is 2.32 bits per heavy atom. The highest BCUT2D eigenvalue weighted by Crippen LogP contribution is 2.12. The third-order valence-electron chi connectivity index (χ3n) is 3.72. The Hall–Kier alpha value is -2.73. The summed E-state index contributed by atoms with van der Waals surface area (Å²) in [7, 11) is 0. The second-order valence-electron chi connectivity index (χ2n) is 5.77. The average Bonchev–Trinajstić information content (AvgIpc) is 2.61. The van der Waals surface area contributed by atoms with Gasteiger partial charge >= 0.3 is 0 Å². The maximum Gasteiger partial charge on any atom is 0.255 e. The van der Waals surface area contributed by atoms with Gasteiger partial charge in [0.15, 0.2) is 0 Å². The highest BCUT2D eigenvalue weighted by Gasteiger charge is 2.11. The van der Waals surface area contributed by atoms with Gasteiger partial charge in [-0.15, -0.1) is 0 Å². The lowest BCUT2D eigenvalue weighted by molar-refractivity contribution is -0.122. The summed E-state index contributed by atoms with van der Waals surface area (Å²) in [4.78, 5) is 23.8. The lowest BCUT2D eigenvalue weighted by Gasteiger charge is -2.11. The second kappa shape index (κ2) is 8.94. The fraction of sp³-hybridized carbons (Fsp3) is 0.263. The van der Waals surface area contributed by atoms with Crippen LogP contribution in [0.3, 0.4) is 0 Å². The maximum atomic E-state index is 12.9. The van der Waals surface area contributed by atoms with Gasteiger partial charge in [0.25, 0.3) is 5.91 Å². The Labute approximate surface area is 146 Å². The van der Waals surface area contributed by atoms with Crippen molar-refractivity contribution in [2.45, 2.75) is 32.4 Å². The summed E-state index contributed by atoms with van der Waals surface area (Å²) in [5.41, 5.74) is 7.65. The van der Waals surface area contributed by atoms with Crippen LogP contribution in [-0.2, 0) is 11.3 Å². The highest BCUT2D eigenvalue weighted by atomic mass is 19.1. The molecule has 2 amide bonds. The minimum absolute atomic E-state index is 0.171. The summed E-state index contributed by atoms with van der Waals surface area (Å²) in [6.07, 6.45) is 1.51. The van der Waals surface area contributed by atoms with Crippen LogP contribution in [0.25, 0.3) is 0 Å². The van der Waals surface area contributed by atoms with Crippen molar-refractivity contribution in [3.63, 3.8) is 0 Å². The number of benzene rings is 2.